The number of benzene rings is 1. The summed E-state index contributed by atoms with van der Waals surface area (Å²) in [7, 11) is -1.17. The summed E-state index contributed by atoms with van der Waals surface area (Å²) in [5, 5.41) is 0.721. The van der Waals surface area contributed by atoms with E-state index in [9.17, 15) is 4.21 Å². The first kappa shape index (κ1) is 13.4. The van der Waals surface area contributed by atoms with Gasteiger partial charge in [-0.3, -0.25) is 0 Å². The number of nitrogens with zero attached hydrogens (tertiary/aromatic N) is 1. The molecule has 0 N–H and O–H groups in total. The average Bonchev–Trinajstić information content (AvgIpc) is 2.19. The van der Waals surface area contributed by atoms with E-state index in [1.165, 1.54) is 0 Å². The van der Waals surface area contributed by atoms with Crippen LogP contribution in [0.15, 0.2) is 28.7 Å². The molecular formula is C12H16ClNOS. The van der Waals surface area contributed by atoms with E-state index in [2.05, 4.69) is 4.40 Å². The molecule has 2 nitrogen and oxygen atoms in total. The van der Waals surface area contributed by atoms with Crippen LogP contribution in [0.3, 0.4) is 0 Å². The van der Waals surface area contributed by atoms with Gasteiger partial charge in [0, 0.05) is 17.7 Å². The second-order valence-electron chi connectivity index (χ2n) is 4.48. The predicted octanol–water partition coefficient (Wildman–Crippen LogP) is 3.42. The van der Waals surface area contributed by atoms with Gasteiger partial charge in [0.2, 0.25) is 0 Å². The molecule has 1 atom stereocenters. The molecule has 0 heterocycles. The van der Waals surface area contributed by atoms with Crippen LogP contribution in [0.1, 0.15) is 26.3 Å². The molecule has 0 spiro atoms. The van der Waals surface area contributed by atoms with Gasteiger partial charge in [-0.05, 0) is 38.5 Å². The van der Waals surface area contributed by atoms with Gasteiger partial charge in [-0.1, -0.05) is 23.7 Å². The Labute approximate surface area is 104 Å². The van der Waals surface area contributed by atoms with Crippen molar-refractivity contribution in [3.8, 4) is 0 Å². The fourth-order valence-corrected chi connectivity index (χ4v) is 1.64. The zero-order valence-corrected chi connectivity index (χ0v) is 11.3. The molecule has 0 aliphatic rings. The lowest BCUT2D eigenvalue weighted by atomic mass is 10.2. The van der Waals surface area contributed by atoms with Crippen molar-refractivity contribution in [2.75, 3.05) is 0 Å². The van der Waals surface area contributed by atoms with Gasteiger partial charge in [0.25, 0.3) is 0 Å². The highest BCUT2D eigenvalue weighted by Crippen LogP contribution is 2.12. The van der Waals surface area contributed by atoms with Crippen LogP contribution < -0.4 is 0 Å². The first-order valence-electron chi connectivity index (χ1n) is 5.08. The molecule has 0 aliphatic heterocycles. The van der Waals surface area contributed by atoms with Gasteiger partial charge in [0.1, 0.15) is 11.0 Å². The Morgan fingerprint density at radius 2 is 1.88 bits per heavy atom. The minimum Gasteiger partial charge on any atom is -0.234 e. The lowest BCUT2D eigenvalue weighted by molar-refractivity contribution is 0.651. The van der Waals surface area contributed by atoms with E-state index < -0.39 is 11.0 Å². The molecule has 16 heavy (non-hydrogen) atoms. The highest BCUT2D eigenvalue weighted by molar-refractivity contribution is 7.85. The van der Waals surface area contributed by atoms with Crippen molar-refractivity contribution in [1.29, 1.82) is 0 Å². The predicted molar refractivity (Wildman–Crippen MR) is 71.5 cm³/mol. The number of hydrogen-bond donors (Lipinski definition) is 0. The summed E-state index contributed by atoms with van der Waals surface area (Å²) in [6.45, 7) is 5.72. The van der Waals surface area contributed by atoms with E-state index in [1.54, 1.807) is 6.21 Å². The first-order chi connectivity index (χ1) is 7.39. The first-order valence-corrected chi connectivity index (χ1v) is 6.57. The fraction of sp³-hybridized carbons (Fsp3) is 0.417. The zero-order chi connectivity index (χ0) is 12.2. The Morgan fingerprint density at radius 1 is 1.31 bits per heavy atom. The van der Waals surface area contributed by atoms with E-state index >= 15 is 0 Å². The van der Waals surface area contributed by atoms with Crippen LogP contribution in [0.25, 0.3) is 0 Å². The molecule has 0 bridgehead atoms. The zero-order valence-electron chi connectivity index (χ0n) is 9.74. The Balaban J connectivity index is 2.55. The maximum atomic E-state index is 11.6. The number of hydrogen-bond acceptors (Lipinski definition) is 1. The molecule has 0 saturated carbocycles. The number of halogens is 1. The summed E-state index contributed by atoms with van der Waals surface area (Å²) in [4.78, 5) is 0. The normalized spacial score (nSPS) is 14.2. The van der Waals surface area contributed by atoms with Crippen molar-refractivity contribution in [1.82, 2.24) is 0 Å². The molecule has 0 amide bonds. The SMILES string of the molecule is CC(C)(C)[S@](=O)N=CCc1ccc(Cl)cc1. The lowest BCUT2D eigenvalue weighted by Crippen LogP contribution is -2.19. The van der Waals surface area contributed by atoms with Gasteiger partial charge in [0.05, 0.1) is 4.75 Å². The van der Waals surface area contributed by atoms with Gasteiger partial charge in [-0.25, -0.2) is 4.21 Å². The third kappa shape index (κ3) is 4.45. The lowest BCUT2D eigenvalue weighted by Gasteiger charge is -2.12. The smallest absolute Gasteiger partial charge is 0.144 e. The van der Waals surface area contributed by atoms with Gasteiger partial charge in [-0.15, -0.1) is 0 Å². The Bertz CT molecular complexity index is 392. The molecule has 1 aromatic carbocycles. The quantitative estimate of drug-likeness (QED) is 0.763. The minimum absolute atomic E-state index is 0.295. The van der Waals surface area contributed by atoms with E-state index in [1.807, 2.05) is 45.0 Å². The van der Waals surface area contributed by atoms with Crippen molar-refractivity contribution < 1.29 is 4.21 Å². The van der Waals surface area contributed by atoms with Crippen LogP contribution in [0, 0.1) is 0 Å². The summed E-state index contributed by atoms with van der Waals surface area (Å²) in [6, 6.07) is 7.56. The van der Waals surface area contributed by atoms with Gasteiger partial charge >= 0.3 is 0 Å². The summed E-state index contributed by atoms with van der Waals surface area (Å²) in [5.41, 5.74) is 1.11. The monoisotopic (exact) mass is 257 g/mol. The topological polar surface area (TPSA) is 29.4 Å². The summed E-state index contributed by atoms with van der Waals surface area (Å²) in [5.74, 6) is 0. The molecule has 0 radical (unpaired) electrons. The van der Waals surface area contributed by atoms with E-state index in [0.29, 0.717) is 6.42 Å². The van der Waals surface area contributed by atoms with Crippen LogP contribution in [0.4, 0.5) is 0 Å². The van der Waals surface area contributed by atoms with Crippen LogP contribution >= 0.6 is 11.6 Å². The molecule has 88 valence electrons. The maximum absolute atomic E-state index is 11.6. The molecule has 0 aliphatic carbocycles. The Morgan fingerprint density at radius 3 is 2.38 bits per heavy atom. The van der Waals surface area contributed by atoms with Crippen molar-refractivity contribution >= 4 is 28.8 Å². The highest BCUT2D eigenvalue weighted by atomic mass is 35.5. The summed E-state index contributed by atoms with van der Waals surface area (Å²) >= 11 is 5.77. The highest BCUT2D eigenvalue weighted by Gasteiger charge is 2.17. The van der Waals surface area contributed by atoms with Crippen LogP contribution in [-0.4, -0.2) is 15.2 Å². The maximum Gasteiger partial charge on any atom is 0.144 e. The Hall–Kier alpha value is -0.670. The van der Waals surface area contributed by atoms with Crippen molar-refractivity contribution in [2.45, 2.75) is 31.9 Å². The molecule has 0 aromatic heterocycles. The van der Waals surface area contributed by atoms with E-state index in [0.717, 1.165) is 10.6 Å². The molecule has 0 unspecified atom stereocenters. The van der Waals surface area contributed by atoms with Crippen molar-refractivity contribution in [3.63, 3.8) is 0 Å². The molecule has 1 rings (SSSR count). The third-order valence-electron chi connectivity index (χ3n) is 1.93. The largest absolute Gasteiger partial charge is 0.234 e. The van der Waals surface area contributed by atoms with E-state index in [4.69, 9.17) is 11.6 Å². The summed E-state index contributed by atoms with van der Waals surface area (Å²) < 4.78 is 15.3. The van der Waals surface area contributed by atoms with Gasteiger partial charge in [0.15, 0.2) is 0 Å². The number of rotatable bonds is 3. The minimum atomic E-state index is -1.17. The fourth-order valence-electron chi connectivity index (χ4n) is 0.989. The molecular weight excluding hydrogens is 242 g/mol. The van der Waals surface area contributed by atoms with Crippen molar-refractivity contribution in [3.05, 3.63) is 34.9 Å². The van der Waals surface area contributed by atoms with Crippen LogP contribution in [-0.2, 0) is 17.4 Å². The molecule has 1 aromatic rings. The molecule has 0 saturated heterocycles. The second kappa shape index (κ2) is 5.60. The summed E-state index contributed by atoms with van der Waals surface area (Å²) in [6.07, 6.45) is 2.38. The molecule has 4 heteroatoms. The van der Waals surface area contributed by atoms with Crippen LogP contribution in [0.2, 0.25) is 5.02 Å². The van der Waals surface area contributed by atoms with Gasteiger partial charge < -0.3 is 0 Å². The van der Waals surface area contributed by atoms with Crippen molar-refractivity contribution in [2.24, 2.45) is 4.40 Å². The Kier molecular flexibility index (Phi) is 4.69. The average molecular weight is 258 g/mol. The standard InChI is InChI=1S/C12H16ClNOS/c1-12(2,3)16(15)14-9-8-10-4-6-11(13)7-5-10/h4-7,9H,8H2,1-3H3/t16-/m0/s1. The van der Waals surface area contributed by atoms with Gasteiger partial charge in [-0.2, -0.15) is 4.40 Å². The molecule has 0 fully saturated rings. The third-order valence-corrected chi connectivity index (χ3v) is 3.57. The van der Waals surface area contributed by atoms with E-state index in [-0.39, 0.29) is 4.75 Å². The second-order valence-corrected chi connectivity index (χ2v) is 6.85. The van der Waals surface area contributed by atoms with Crippen LogP contribution in [0.5, 0.6) is 0 Å².